The van der Waals surface area contributed by atoms with Gasteiger partial charge in [-0.25, -0.2) is 4.39 Å². The van der Waals surface area contributed by atoms with Crippen LogP contribution in [0.4, 0.5) is 21.8 Å². The van der Waals surface area contributed by atoms with Crippen LogP contribution in [0, 0.1) is 26.6 Å². The van der Waals surface area contributed by atoms with Crippen LogP contribution in [0.15, 0.2) is 28.8 Å². The molecule has 0 bridgehead atoms. The molecule has 0 radical (unpaired) electrons. The highest BCUT2D eigenvalue weighted by atomic mass is 19.1. The van der Waals surface area contributed by atoms with Gasteiger partial charge in [0, 0.05) is 61.0 Å². The number of ether oxygens (including phenoxy) is 1. The summed E-state index contributed by atoms with van der Waals surface area (Å²) in [6.45, 7) is 9.13. The number of H-pyrrole nitrogens is 1. The first-order chi connectivity index (χ1) is 15.9. The van der Waals surface area contributed by atoms with E-state index in [1.165, 1.54) is 6.07 Å². The van der Waals surface area contributed by atoms with Crippen molar-refractivity contribution in [3.8, 4) is 11.8 Å². The lowest BCUT2D eigenvalue weighted by atomic mass is 10.1. The quantitative estimate of drug-likeness (QED) is 0.464. The van der Waals surface area contributed by atoms with Crippen LogP contribution in [0.2, 0.25) is 0 Å². The molecule has 0 aliphatic carbocycles. The standard InChI is InChI=1S/C23H26FN7O2/c1-13-9-16-15(3)18(11-17(24)22(16)25-13)32-23-27-19(26-20-10-14(2)33-29-20)12-21(28-23)31-7-5-30(4)6-8-31/h9-12,25H,5-8H2,1-4H3,(H,26,27,28,29). The summed E-state index contributed by atoms with van der Waals surface area (Å²) in [5.74, 6) is 2.45. The summed E-state index contributed by atoms with van der Waals surface area (Å²) in [6, 6.07) is 7.03. The minimum absolute atomic E-state index is 0.128. The van der Waals surface area contributed by atoms with E-state index in [1.807, 2.05) is 32.9 Å². The summed E-state index contributed by atoms with van der Waals surface area (Å²) in [5, 5.41) is 7.90. The van der Waals surface area contributed by atoms with E-state index in [-0.39, 0.29) is 11.8 Å². The van der Waals surface area contributed by atoms with E-state index in [0.717, 1.165) is 48.6 Å². The maximum atomic E-state index is 14.7. The van der Waals surface area contributed by atoms with E-state index in [4.69, 9.17) is 9.26 Å². The lowest BCUT2D eigenvalue weighted by Crippen LogP contribution is -2.44. The normalized spacial score (nSPS) is 14.8. The van der Waals surface area contributed by atoms with Crippen LogP contribution in [0.1, 0.15) is 17.0 Å². The van der Waals surface area contributed by atoms with E-state index in [0.29, 0.717) is 28.7 Å². The minimum atomic E-state index is -0.384. The molecule has 1 aliphatic rings. The van der Waals surface area contributed by atoms with Crippen molar-refractivity contribution in [1.29, 1.82) is 0 Å². The molecule has 1 aliphatic heterocycles. The fraction of sp³-hybridized carbons (Fsp3) is 0.348. The van der Waals surface area contributed by atoms with Crippen LogP contribution in [0.25, 0.3) is 10.9 Å². The van der Waals surface area contributed by atoms with E-state index >= 15 is 0 Å². The molecular formula is C23H26FN7O2. The molecule has 4 aromatic rings. The number of rotatable bonds is 5. The number of hydrogen-bond donors (Lipinski definition) is 2. The van der Waals surface area contributed by atoms with Gasteiger partial charge in [0.05, 0.1) is 5.52 Å². The van der Waals surface area contributed by atoms with Crippen LogP contribution in [0.5, 0.6) is 11.8 Å². The highest BCUT2D eigenvalue weighted by molar-refractivity contribution is 5.86. The van der Waals surface area contributed by atoms with Gasteiger partial charge in [-0.3, -0.25) is 0 Å². The third kappa shape index (κ3) is 4.34. The smallest absolute Gasteiger partial charge is 0.325 e. The van der Waals surface area contributed by atoms with Gasteiger partial charge in [0.2, 0.25) is 0 Å². The van der Waals surface area contributed by atoms with E-state index in [1.54, 1.807) is 6.07 Å². The number of aryl methyl sites for hydroxylation is 3. The predicted octanol–water partition coefficient (Wildman–Crippen LogP) is 4.30. The molecule has 1 saturated heterocycles. The molecule has 33 heavy (non-hydrogen) atoms. The molecule has 9 nitrogen and oxygen atoms in total. The Labute approximate surface area is 190 Å². The van der Waals surface area contributed by atoms with Crippen molar-refractivity contribution in [2.45, 2.75) is 20.8 Å². The van der Waals surface area contributed by atoms with Gasteiger partial charge in [0.25, 0.3) is 0 Å². The maximum absolute atomic E-state index is 14.7. The fourth-order valence-corrected chi connectivity index (χ4v) is 3.98. The van der Waals surface area contributed by atoms with E-state index in [9.17, 15) is 4.39 Å². The van der Waals surface area contributed by atoms with Gasteiger partial charge in [-0.2, -0.15) is 9.97 Å². The molecule has 0 saturated carbocycles. The second-order valence-electron chi connectivity index (χ2n) is 8.46. The molecule has 1 aromatic carbocycles. The van der Waals surface area contributed by atoms with Crippen molar-refractivity contribution in [1.82, 2.24) is 25.0 Å². The van der Waals surface area contributed by atoms with Crippen molar-refractivity contribution < 1.29 is 13.7 Å². The Morgan fingerprint density at radius 2 is 1.82 bits per heavy atom. The van der Waals surface area contributed by atoms with Crippen molar-refractivity contribution in [3.05, 3.63) is 47.1 Å². The predicted molar refractivity (Wildman–Crippen MR) is 124 cm³/mol. The van der Waals surface area contributed by atoms with Gasteiger partial charge in [0.15, 0.2) is 11.6 Å². The Bertz CT molecular complexity index is 1310. The molecule has 5 rings (SSSR count). The number of nitrogens with zero attached hydrogens (tertiary/aromatic N) is 5. The molecule has 1 fully saturated rings. The number of aromatic amines is 1. The summed E-state index contributed by atoms with van der Waals surface area (Å²) in [5.41, 5.74) is 2.16. The van der Waals surface area contributed by atoms with Crippen LogP contribution in [0.3, 0.4) is 0 Å². The summed E-state index contributed by atoms with van der Waals surface area (Å²) >= 11 is 0. The number of piperazine rings is 1. The monoisotopic (exact) mass is 451 g/mol. The second-order valence-corrected chi connectivity index (χ2v) is 8.46. The van der Waals surface area contributed by atoms with Gasteiger partial charge in [-0.15, -0.1) is 0 Å². The average molecular weight is 452 g/mol. The number of benzene rings is 1. The van der Waals surface area contributed by atoms with E-state index < -0.39 is 0 Å². The average Bonchev–Trinajstić information content (AvgIpc) is 3.37. The topological polar surface area (TPSA) is 95.3 Å². The zero-order valence-corrected chi connectivity index (χ0v) is 19.1. The molecule has 172 valence electrons. The third-order valence-electron chi connectivity index (χ3n) is 5.83. The number of aromatic nitrogens is 4. The van der Waals surface area contributed by atoms with Crippen LogP contribution in [-0.4, -0.2) is 58.2 Å². The molecule has 0 spiro atoms. The SMILES string of the molecule is Cc1cc2c(C)c(Oc3nc(Nc4cc(C)on4)cc(N4CCN(C)CC4)n3)cc(F)c2[nH]1. The Morgan fingerprint density at radius 1 is 1.03 bits per heavy atom. The lowest BCUT2D eigenvalue weighted by molar-refractivity contribution is 0.311. The number of hydrogen-bond acceptors (Lipinski definition) is 8. The summed E-state index contributed by atoms with van der Waals surface area (Å²) in [7, 11) is 2.10. The van der Waals surface area contributed by atoms with Gasteiger partial charge in [0.1, 0.15) is 23.1 Å². The second kappa shape index (κ2) is 8.36. The summed E-state index contributed by atoms with van der Waals surface area (Å²) in [4.78, 5) is 16.7. The minimum Gasteiger partial charge on any atom is -0.424 e. The number of fused-ring (bicyclic) bond motifs is 1. The molecule has 0 unspecified atom stereocenters. The Morgan fingerprint density at radius 3 is 2.55 bits per heavy atom. The van der Waals surface area contributed by atoms with Crippen molar-refractivity contribution in [3.63, 3.8) is 0 Å². The van der Waals surface area contributed by atoms with Gasteiger partial charge in [-0.1, -0.05) is 5.16 Å². The number of likely N-dealkylation sites (N-methyl/N-ethyl adjacent to an activating group) is 1. The van der Waals surface area contributed by atoms with Gasteiger partial charge >= 0.3 is 6.01 Å². The highest BCUT2D eigenvalue weighted by Gasteiger charge is 2.20. The molecule has 4 heterocycles. The molecule has 0 atom stereocenters. The van der Waals surface area contributed by atoms with Crippen LogP contribution >= 0.6 is 0 Å². The Balaban J connectivity index is 1.51. The molecule has 3 aromatic heterocycles. The Hall–Kier alpha value is -3.66. The van der Waals surface area contributed by atoms with Crippen molar-refractivity contribution in [2.24, 2.45) is 0 Å². The van der Waals surface area contributed by atoms with Gasteiger partial charge < -0.3 is 29.4 Å². The Kier molecular flexibility index (Phi) is 5.37. The zero-order valence-electron chi connectivity index (χ0n) is 19.1. The highest BCUT2D eigenvalue weighted by Crippen LogP contribution is 2.33. The fourth-order valence-electron chi connectivity index (χ4n) is 3.98. The number of halogens is 1. The van der Waals surface area contributed by atoms with Crippen molar-refractivity contribution >= 4 is 28.4 Å². The summed E-state index contributed by atoms with van der Waals surface area (Å²) < 4.78 is 25.9. The van der Waals surface area contributed by atoms with Crippen LogP contribution in [-0.2, 0) is 0 Å². The lowest BCUT2D eigenvalue weighted by Gasteiger charge is -2.33. The largest absolute Gasteiger partial charge is 0.424 e. The van der Waals surface area contributed by atoms with Crippen molar-refractivity contribution in [2.75, 3.05) is 43.4 Å². The molecule has 0 amide bonds. The van der Waals surface area contributed by atoms with Crippen LogP contribution < -0.4 is 15.0 Å². The van der Waals surface area contributed by atoms with Gasteiger partial charge in [-0.05, 0) is 33.9 Å². The zero-order chi connectivity index (χ0) is 23.1. The molecule has 2 N–H and O–H groups in total. The first kappa shape index (κ1) is 21.2. The first-order valence-corrected chi connectivity index (χ1v) is 10.8. The number of nitrogens with one attached hydrogen (secondary N) is 2. The first-order valence-electron chi connectivity index (χ1n) is 10.8. The van der Waals surface area contributed by atoms with E-state index in [2.05, 4.69) is 42.3 Å². The molecule has 10 heteroatoms. The number of anilines is 3. The summed E-state index contributed by atoms with van der Waals surface area (Å²) in [6.07, 6.45) is 0. The maximum Gasteiger partial charge on any atom is 0.325 e. The third-order valence-corrected chi connectivity index (χ3v) is 5.83. The molecular weight excluding hydrogens is 425 g/mol.